The Hall–Kier alpha value is -1.45. The second-order valence-electron chi connectivity index (χ2n) is 6.64. The molecule has 0 spiro atoms. The highest BCUT2D eigenvalue weighted by Gasteiger charge is 2.29. The summed E-state index contributed by atoms with van der Waals surface area (Å²) in [5, 5.41) is 9.65. The molecule has 1 N–H and O–H groups in total. The van der Waals surface area contributed by atoms with Gasteiger partial charge in [-0.05, 0) is 51.7 Å². The van der Waals surface area contributed by atoms with E-state index in [9.17, 15) is 9.90 Å². The first-order chi connectivity index (χ1) is 10.3. The summed E-state index contributed by atoms with van der Waals surface area (Å²) in [6.07, 6.45) is 7.49. The summed E-state index contributed by atoms with van der Waals surface area (Å²) in [4.78, 5) is 13.9. The zero-order chi connectivity index (χ0) is 16.8. The van der Waals surface area contributed by atoms with Crippen LogP contribution in [0, 0.1) is 5.92 Å². The van der Waals surface area contributed by atoms with Crippen molar-refractivity contribution in [1.82, 2.24) is 4.90 Å². The van der Waals surface area contributed by atoms with Crippen LogP contribution in [0.25, 0.3) is 0 Å². The number of aliphatic hydroxyl groups excluding tert-OH is 1. The van der Waals surface area contributed by atoms with Crippen LogP contribution < -0.4 is 0 Å². The van der Waals surface area contributed by atoms with Gasteiger partial charge in [-0.2, -0.15) is 0 Å². The van der Waals surface area contributed by atoms with E-state index in [4.69, 9.17) is 4.74 Å². The average Bonchev–Trinajstić information content (AvgIpc) is 2.48. The fourth-order valence-electron chi connectivity index (χ4n) is 2.74. The summed E-state index contributed by atoms with van der Waals surface area (Å²) in [5.74, 6) is 0.774. The van der Waals surface area contributed by atoms with E-state index < -0.39 is 5.60 Å². The number of piperidine rings is 1. The van der Waals surface area contributed by atoms with E-state index in [1.54, 1.807) is 4.90 Å². The molecular weight excluding hydrogens is 278 g/mol. The maximum absolute atomic E-state index is 12.1. The fourth-order valence-corrected chi connectivity index (χ4v) is 2.74. The highest BCUT2D eigenvalue weighted by molar-refractivity contribution is 5.68. The minimum Gasteiger partial charge on any atom is -0.512 e. The molecule has 1 unspecified atom stereocenters. The van der Waals surface area contributed by atoms with E-state index in [1.807, 2.05) is 40.7 Å². The van der Waals surface area contributed by atoms with Gasteiger partial charge in [0.05, 0.1) is 5.76 Å². The van der Waals surface area contributed by atoms with Crippen LogP contribution in [-0.4, -0.2) is 34.8 Å². The van der Waals surface area contributed by atoms with Crippen molar-refractivity contribution in [2.45, 2.75) is 65.9 Å². The lowest BCUT2D eigenvalue weighted by atomic mass is 9.87. The van der Waals surface area contributed by atoms with E-state index in [1.165, 1.54) is 5.57 Å². The Morgan fingerprint density at radius 3 is 2.64 bits per heavy atom. The van der Waals surface area contributed by atoms with Gasteiger partial charge in [0.25, 0.3) is 0 Å². The van der Waals surface area contributed by atoms with Gasteiger partial charge in [-0.1, -0.05) is 19.9 Å². The molecule has 0 saturated carbocycles. The van der Waals surface area contributed by atoms with Crippen molar-refractivity contribution < 1.29 is 14.6 Å². The zero-order valence-corrected chi connectivity index (χ0v) is 14.7. The highest BCUT2D eigenvalue weighted by atomic mass is 16.6. The molecule has 0 aromatic carbocycles. The molecule has 2 rings (SSSR count). The number of likely N-dealkylation sites (tertiary alicyclic amines) is 1. The average molecular weight is 309 g/mol. The van der Waals surface area contributed by atoms with Crippen molar-refractivity contribution in [3.05, 3.63) is 23.5 Å². The largest absolute Gasteiger partial charge is 0.512 e. The molecule has 4 nitrogen and oxygen atoms in total. The van der Waals surface area contributed by atoms with Crippen molar-refractivity contribution >= 4 is 6.09 Å². The molecule has 1 amide bonds. The molecule has 1 fully saturated rings. The third kappa shape index (κ3) is 5.74. The molecule has 1 aliphatic carbocycles. The minimum absolute atomic E-state index is 0.230. The molecule has 0 aromatic rings. The normalized spacial score (nSPS) is 22.0. The molecule has 126 valence electrons. The third-order valence-electron chi connectivity index (χ3n) is 3.66. The second-order valence-corrected chi connectivity index (χ2v) is 6.64. The Morgan fingerprint density at radius 1 is 1.36 bits per heavy atom. The van der Waals surface area contributed by atoms with Crippen molar-refractivity contribution in [3.8, 4) is 0 Å². The molecule has 0 bridgehead atoms. The maximum Gasteiger partial charge on any atom is 0.410 e. The van der Waals surface area contributed by atoms with E-state index in [-0.39, 0.29) is 6.09 Å². The lowest BCUT2D eigenvalue weighted by Crippen LogP contribution is -2.43. The molecule has 4 heteroatoms. The molecule has 2 aliphatic rings. The first-order valence-electron chi connectivity index (χ1n) is 8.43. The topological polar surface area (TPSA) is 49.8 Å². The van der Waals surface area contributed by atoms with Gasteiger partial charge in [-0.3, -0.25) is 0 Å². The van der Waals surface area contributed by atoms with Gasteiger partial charge in [0.1, 0.15) is 5.60 Å². The third-order valence-corrected chi connectivity index (χ3v) is 3.66. The Kier molecular flexibility index (Phi) is 6.98. The zero-order valence-electron chi connectivity index (χ0n) is 14.7. The Bertz CT molecular complexity index is 432. The van der Waals surface area contributed by atoms with Crippen LogP contribution in [0.1, 0.15) is 60.3 Å². The van der Waals surface area contributed by atoms with Gasteiger partial charge in [-0.25, -0.2) is 4.79 Å². The number of carbonyl (C=O) groups is 1. The van der Waals surface area contributed by atoms with Crippen LogP contribution in [0.3, 0.4) is 0 Å². The van der Waals surface area contributed by atoms with E-state index in [0.717, 1.165) is 32.2 Å². The van der Waals surface area contributed by atoms with Crippen LogP contribution in [0.2, 0.25) is 0 Å². The number of hydrogen-bond acceptors (Lipinski definition) is 3. The van der Waals surface area contributed by atoms with Crippen LogP contribution in [-0.2, 0) is 4.74 Å². The van der Waals surface area contributed by atoms with Crippen molar-refractivity contribution in [2.75, 3.05) is 13.1 Å². The van der Waals surface area contributed by atoms with Crippen molar-refractivity contribution in [2.24, 2.45) is 5.92 Å². The van der Waals surface area contributed by atoms with E-state index >= 15 is 0 Å². The van der Waals surface area contributed by atoms with Gasteiger partial charge in [-0.15, -0.1) is 0 Å². The van der Waals surface area contributed by atoms with Crippen molar-refractivity contribution in [3.63, 3.8) is 0 Å². The summed E-state index contributed by atoms with van der Waals surface area (Å²) in [5.41, 5.74) is 0.716. The number of hydrogen-bond donors (Lipinski definition) is 1. The first kappa shape index (κ1) is 18.6. The van der Waals surface area contributed by atoms with E-state index in [2.05, 4.69) is 6.08 Å². The van der Waals surface area contributed by atoms with Gasteiger partial charge >= 0.3 is 6.09 Å². The predicted molar refractivity (Wildman–Crippen MR) is 89.9 cm³/mol. The van der Waals surface area contributed by atoms with Crippen LogP contribution in [0.4, 0.5) is 4.79 Å². The smallest absolute Gasteiger partial charge is 0.410 e. The van der Waals surface area contributed by atoms with Crippen LogP contribution in [0.15, 0.2) is 23.5 Å². The number of allylic oxidation sites excluding steroid dienone is 3. The monoisotopic (exact) mass is 309 g/mol. The summed E-state index contributed by atoms with van der Waals surface area (Å²) in [7, 11) is 0. The van der Waals surface area contributed by atoms with E-state index in [0.29, 0.717) is 18.2 Å². The second kappa shape index (κ2) is 8.25. The number of ether oxygens (including phenoxy) is 1. The molecule has 22 heavy (non-hydrogen) atoms. The number of amides is 1. The Labute approximate surface area is 134 Å². The van der Waals surface area contributed by atoms with Gasteiger partial charge < -0.3 is 14.7 Å². The number of rotatable bonds is 1. The molecule has 1 heterocycles. The number of nitrogens with zero attached hydrogens (tertiary/aromatic N) is 1. The molecule has 1 saturated heterocycles. The molecule has 0 aromatic heterocycles. The first-order valence-corrected chi connectivity index (χ1v) is 8.43. The molecule has 1 atom stereocenters. The lowest BCUT2D eigenvalue weighted by Gasteiger charge is -2.35. The summed E-state index contributed by atoms with van der Waals surface area (Å²) < 4.78 is 5.44. The van der Waals surface area contributed by atoms with Gasteiger partial charge in [0.15, 0.2) is 0 Å². The van der Waals surface area contributed by atoms with Crippen LogP contribution in [0.5, 0.6) is 0 Å². The molecule has 1 aliphatic heterocycles. The predicted octanol–water partition coefficient (Wildman–Crippen LogP) is 4.82. The molecule has 0 radical (unpaired) electrons. The quantitative estimate of drug-likeness (QED) is 0.755. The number of aliphatic hydroxyl groups is 1. The van der Waals surface area contributed by atoms with Gasteiger partial charge in [0.2, 0.25) is 0 Å². The summed E-state index contributed by atoms with van der Waals surface area (Å²) >= 11 is 0. The Morgan fingerprint density at radius 2 is 2.05 bits per heavy atom. The highest BCUT2D eigenvalue weighted by Crippen LogP contribution is 2.29. The fraction of sp³-hybridized carbons (Fsp3) is 0.722. The Balaban J connectivity index is 0.00000116. The maximum atomic E-state index is 12.1. The lowest BCUT2D eigenvalue weighted by molar-refractivity contribution is 0.0183. The SMILES string of the molecule is CC.CC(C)(C)OC(=O)N1CCCC(C2=CCCC(O)=C2)C1. The number of carbonyl (C=O) groups excluding carboxylic acids is 1. The summed E-state index contributed by atoms with van der Waals surface area (Å²) in [6.45, 7) is 11.1. The molecular formula is C18H31NO3. The van der Waals surface area contributed by atoms with Crippen LogP contribution >= 0.6 is 0 Å². The minimum atomic E-state index is -0.452. The van der Waals surface area contributed by atoms with Crippen molar-refractivity contribution in [1.29, 1.82) is 0 Å². The summed E-state index contributed by atoms with van der Waals surface area (Å²) in [6, 6.07) is 0. The standard InChI is InChI=1S/C16H25NO3.C2H6/c1-16(2,3)20-15(19)17-9-5-7-13(11-17)12-6-4-8-14(18)10-12;1-2/h6,10,13,18H,4-5,7-9,11H2,1-3H3;1-2H3. The van der Waals surface area contributed by atoms with Gasteiger partial charge in [0, 0.05) is 25.4 Å².